The highest BCUT2D eigenvalue weighted by Crippen LogP contribution is 2.42. The first-order valence-electron chi connectivity index (χ1n) is 9.18. The number of rotatable bonds is 6. The van der Waals surface area contributed by atoms with Crippen LogP contribution in [0.2, 0.25) is 0 Å². The highest BCUT2D eigenvalue weighted by atomic mass is 16.3. The van der Waals surface area contributed by atoms with Crippen LogP contribution in [0.5, 0.6) is 0 Å². The zero-order valence-electron chi connectivity index (χ0n) is 14.9. The number of carbonyl (C=O) groups is 1. The third-order valence-electron chi connectivity index (χ3n) is 5.33. The number of amides is 1. The van der Waals surface area contributed by atoms with Crippen molar-refractivity contribution in [3.05, 3.63) is 41.9 Å². The topological polar surface area (TPSA) is 63.3 Å². The van der Waals surface area contributed by atoms with E-state index in [4.69, 9.17) is 4.42 Å². The molecule has 1 saturated heterocycles. The van der Waals surface area contributed by atoms with Crippen molar-refractivity contribution in [2.45, 2.75) is 51.2 Å². The second-order valence-corrected chi connectivity index (χ2v) is 7.32. The fraction of sp³-hybridized carbons (Fsp3) is 0.579. The molecule has 25 heavy (non-hydrogen) atoms. The first kappa shape index (κ1) is 16.4. The fourth-order valence-corrected chi connectivity index (χ4v) is 3.93. The molecule has 4 rings (SSSR count). The van der Waals surface area contributed by atoms with Crippen molar-refractivity contribution in [2.75, 3.05) is 6.54 Å². The van der Waals surface area contributed by atoms with Crippen molar-refractivity contribution in [3.8, 4) is 0 Å². The predicted octanol–water partition coefficient (Wildman–Crippen LogP) is 2.55. The zero-order valence-corrected chi connectivity index (χ0v) is 14.9. The molecule has 1 saturated carbocycles. The van der Waals surface area contributed by atoms with Gasteiger partial charge in [0, 0.05) is 38.4 Å². The summed E-state index contributed by atoms with van der Waals surface area (Å²) in [6.07, 6.45) is 7.59. The van der Waals surface area contributed by atoms with Crippen LogP contribution >= 0.6 is 0 Å². The van der Waals surface area contributed by atoms with Gasteiger partial charge in [-0.2, -0.15) is 0 Å². The van der Waals surface area contributed by atoms with Crippen LogP contribution in [0.25, 0.3) is 0 Å². The van der Waals surface area contributed by atoms with Crippen molar-refractivity contribution in [1.29, 1.82) is 0 Å². The summed E-state index contributed by atoms with van der Waals surface area (Å²) in [6.45, 7) is 3.53. The minimum Gasteiger partial charge on any atom is -0.465 e. The van der Waals surface area contributed by atoms with E-state index in [1.165, 1.54) is 0 Å². The number of piperidine rings is 1. The first-order chi connectivity index (χ1) is 12.1. The summed E-state index contributed by atoms with van der Waals surface area (Å²) in [5.41, 5.74) is 0. The van der Waals surface area contributed by atoms with Gasteiger partial charge in [-0.15, -0.1) is 0 Å². The molecule has 2 atom stereocenters. The molecule has 0 unspecified atom stereocenters. The van der Waals surface area contributed by atoms with Crippen molar-refractivity contribution in [1.82, 2.24) is 19.8 Å². The Kier molecular flexibility index (Phi) is 4.37. The normalized spacial score (nSPS) is 24.1. The van der Waals surface area contributed by atoms with E-state index in [9.17, 15) is 4.79 Å². The van der Waals surface area contributed by atoms with Crippen molar-refractivity contribution in [3.63, 3.8) is 0 Å². The van der Waals surface area contributed by atoms with E-state index in [0.29, 0.717) is 18.4 Å². The number of likely N-dealkylation sites (tertiary alicyclic amines) is 1. The van der Waals surface area contributed by atoms with E-state index >= 15 is 0 Å². The summed E-state index contributed by atoms with van der Waals surface area (Å²) in [4.78, 5) is 19.3. The molecule has 2 aromatic heterocycles. The zero-order chi connectivity index (χ0) is 17.4. The maximum absolute atomic E-state index is 12.6. The number of aromatic nitrogens is 2. The van der Waals surface area contributed by atoms with E-state index in [1.54, 1.807) is 0 Å². The van der Waals surface area contributed by atoms with Crippen LogP contribution in [0.3, 0.4) is 0 Å². The molecule has 1 N–H and O–H groups in total. The summed E-state index contributed by atoms with van der Waals surface area (Å²) in [5.74, 6) is 3.55. The summed E-state index contributed by atoms with van der Waals surface area (Å²) >= 11 is 0. The van der Waals surface area contributed by atoms with Crippen LogP contribution in [0, 0.1) is 12.8 Å². The third kappa shape index (κ3) is 3.35. The van der Waals surface area contributed by atoms with Crippen molar-refractivity contribution < 1.29 is 9.21 Å². The second kappa shape index (κ2) is 6.67. The Bertz CT molecular complexity index is 746. The van der Waals surface area contributed by atoms with E-state index in [2.05, 4.69) is 19.8 Å². The molecule has 2 aliphatic rings. The Labute approximate surface area is 148 Å². The van der Waals surface area contributed by atoms with Gasteiger partial charge in [-0.25, -0.2) is 4.98 Å². The van der Waals surface area contributed by atoms with E-state index in [0.717, 1.165) is 49.7 Å². The highest BCUT2D eigenvalue weighted by Gasteiger charge is 2.45. The van der Waals surface area contributed by atoms with E-state index in [-0.39, 0.29) is 11.9 Å². The second-order valence-electron chi connectivity index (χ2n) is 7.32. The van der Waals surface area contributed by atoms with Gasteiger partial charge in [-0.1, -0.05) is 0 Å². The molecule has 0 spiro atoms. The van der Waals surface area contributed by atoms with E-state index in [1.807, 2.05) is 38.5 Å². The van der Waals surface area contributed by atoms with Crippen LogP contribution in [0.4, 0.5) is 0 Å². The van der Waals surface area contributed by atoms with Crippen LogP contribution < -0.4 is 5.32 Å². The number of carbonyl (C=O) groups excluding carboxylic acids is 1. The highest BCUT2D eigenvalue weighted by molar-refractivity contribution is 5.78. The van der Waals surface area contributed by atoms with Crippen LogP contribution in [-0.2, 0) is 18.4 Å². The summed E-state index contributed by atoms with van der Waals surface area (Å²) in [7, 11) is 2.02. The molecule has 1 aliphatic heterocycles. The smallest absolute Gasteiger partial charge is 0.223 e. The SMILES string of the molecule is Cc1ccc(CNC[C@H]2CCC(=O)N(C3CC3)[C@@H]2c2nccn2C)o1. The molecule has 2 fully saturated rings. The van der Waals surface area contributed by atoms with Gasteiger partial charge in [0.2, 0.25) is 5.91 Å². The Hall–Kier alpha value is -2.08. The average Bonchev–Trinajstić information content (AvgIpc) is 3.21. The Morgan fingerprint density at radius 1 is 1.32 bits per heavy atom. The largest absolute Gasteiger partial charge is 0.465 e. The number of nitrogens with zero attached hydrogens (tertiary/aromatic N) is 3. The van der Waals surface area contributed by atoms with Gasteiger partial charge in [0.1, 0.15) is 17.3 Å². The predicted molar refractivity (Wildman–Crippen MR) is 93.7 cm³/mol. The van der Waals surface area contributed by atoms with E-state index < -0.39 is 0 Å². The minimum atomic E-state index is 0.0691. The van der Waals surface area contributed by atoms with Gasteiger partial charge in [-0.3, -0.25) is 4.79 Å². The molecule has 2 aromatic rings. The molecule has 3 heterocycles. The Morgan fingerprint density at radius 2 is 2.16 bits per heavy atom. The van der Waals surface area contributed by atoms with Gasteiger partial charge < -0.3 is 19.2 Å². The van der Waals surface area contributed by atoms with Crippen LogP contribution in [0.1, 0.15) is 49.1 Å². The number of hydrogen-bond acceptors (Lipinski definition) is 4. The van der Waals surface area contributed by atoms with Crippen molar-refractivity contribution >= 4 is 5.91 Å². The maximum Gasteiger partial charge on any atom is 0.223 e. The first-order valence-corrected chi connectivity index (χ1v) is 9.18. The summed E-state index contributed by atoms with van der Waals surface area (Å²) < 4.78 is 7.69. The van der Waals surface area contributed by atoms with Gasteiger partial charge >= 0.3 is 0 Å². The summed E-state index contributed by atoms with van der Waals surface area (Å²) in [6, 6.07) is 4.48. The number of aryl methyl sites for hydroxylation is 2. The fourth-order valence-electron chi connectivity index (χ4n) is 3.93. The lowest BCUT2D eigenvalue weighted by Gasteiger charge is -2.41. The number of imidazole rings is 1. The molecule has 1 amide bonds. The lowest BCUT2D eigenvalue weighted by molar-refractivity contribution is -0.140. The molecule has 0 aromatic carbocycles. The average molecular weight is 342 g/mol. The van der Waals surface area contributed by atoms with Crippen LogP contribution in [-0.4, -0.2) is 32.9 Å². The monoisotopic (exact) mass is 342 g/mol. The van der Waals surface area contributed by atoms with Gasteiger partial charge in [0.25, 0.3) is 0 Å². The minimum absolute atomic E-state index is 0.0691. The lowest BCUT2D eigenvalue weighted by Crippen LogP contribution is -2.47. The van der Waals surface area contributed by atoms with Crippen LogP contribution in [0.15, 0.2) is 28.9 Å². The van der Waals surface area contributed by atoms with Gasteiger partial charge in [0.15, 0.2) is 0 Å². The molecular weight excluding hydrogens is 316 g/mol. The molecule has 6 heteroatoms. The number of hydrogen-bond donors (Lipinski definition) is 1. The lowest BCUT2D eigenvalue weighted by atomic mass is 9.87. The number of nitrogens with one attached hydrogen (secondary N) is 1. The molecule has 0 bridgehead atoms. The maximum atomic E-state index is 12.6. The van der Waals surface area contributed by atoms with Gasteiger partial charge in [-0.05, 0) is 44.2 Å². The third-order valence-corrected chi connectivity index (χ3v) is 5.33. The Balaban J connectivity index is 1.50. The molecular formula is C19H26N4O2. The summed E-state index contributed by atoms with van der Waals surface area (Å²) in [5, 5.41) is 3.52. The van der Waals surface area contributed by atoms with Crippen molar-refractivity contribution in [2.24, 2.45) is 13.0 Å². The molecule has 1 aliphatic carbocycles. The molecule has 134 valence electrons. The number of furan rings is 1. The Morgan fingerprint density at radius 3 is 2.80 bits per heavy atom. The van der Waals surface area contributed by atoms with Gasteiger partial charge in [0.05, 0.1) is 12.6 Å². The quantitative estimate of drug-likeness (QED) is 0.876. The molecule has 0 radical (unpaired) electrons. The standard InChI is InChI=1S/C19H26N4O2/c1-13-3-7-16(25-13)12-20-11-14-4-8-17(24)23(15-5-6-15)18(14)19-21-9-10-22(19)2/h3,7,9-10,14-15,18,20H,4-6,8,11-12H2,1-2H3/t14-,18+/m1/s1. The molecule has 6 nitrogen and oxygen atoms in total.